The number of amides is 1. The maximum atomic E-state index is 12.1. The first-order valence-corrected chi connectivity index (χ1v) is 8.24. The van der Waals surface area contributed by atoms with Gasteiger partial charge in [0.05, 0.1) is 11.6 Å². The van der Waals surface area contributed by atoms with E-state index in [2.05, 4.69) is 21.2 Å². The summed E-state index contributed by atoms with van der Waals surface area (Å²) in [6.45, 7) is 4.28. The van der Waals surface area contributed by atoms with Crippen LogP contribution in [0, 0.1) is 0 Å². The Kier molecular flexibility index (Phi) is 3.98. The first-order valence-electron chi connectivity index (χ1n) is 5.90. The predicted molar refractivity (Wildman–Crippen MR) is 73.7 cm³/mol. The van der Waals surface area contributed by atoms with Gasteiger partial charge in [0.15, 0.2) is 10.4 Å². The van der Waals surface area contributed by atoms with Crippen LogP contribution in [0.3, 0.4) is 0 Å². The highest BCUT2D eigenvalue weighted by atomic mass is 79.9. The number of carbonyl (C=O) groups excluding carboxylic acids is 1. The van der Waals surface area contributed by atoms with E-state index >= 15 is 0 Å². The highest BCUT2D eigenvalue weighted by Gasteiger charge is 2.39. The third-order valence-electron chi connectivity index (χ3n) is 3.47. The number of hydrogen-bond donors (Lipinski definition) is 2. The lowest BCUT2D eigenvalue weighted by atomic mass is 9.94. The van der Waals surface area contributed by atoms with Gasteiger partial charge in [-0.2, -0.15) is 0 Å². The van der Waals surface area contributed by atoms with Crippen LogP contribution in [0.5, 0.6) is 0 Å². The van der Waals surface area contributed by atoms with Gasteiger partial charge in [-0.1, -0.05) is 0 Å². The molecule has 0 saturated carbocycles. The molecule has 0 bridgehead atoms. The van der Waals surface area contributed by atoms with E-state index in [0.29, 0.717) is 13.0 Å². The van der Waals surface area contributed by atoms with Crippen LogP contribution in [0.15, 0.2) is 20.0 Å². The van der Waals surface area contributed by atoms with Crippen LogP contribution in [0.1, 0.15) is 30.8 Å². The molecule has 0 radical (unpaired) electrons. The summed E-state index contributed by atoms with van der Waals surface area (Å²) in [6, 6.07) is 1.10. The summed E-state index contributed by atoms with van der Waals surface area (Å²) in [5.74, 6) is -0.637. The SMILES string of the molecule is CC1OCCC1(C)NC(=O)c1cc(S(N)(=O)=O)c(Br)o1. The van der Waals surface area contributed by atoms with Crippen molar-refractivity contribution in [3.63, 3.8) is 0 Å². The highest BCUT2D eigenvalue weighted by molar-refractivity contribution is 9.10. The zero-order valence-electron chi connectivity index (χ0n) is 11.0. The molecular formula is C11H15BrN2O5S. The topological polar surface area (TPSA) is 112 Å². The van der Waals surface area contributed by atoms with Gasteiger partial charge in [0, 0.05) is 12.7 Å². The molecule has 1 aliphatic heterocycles. The maximum absolute atomic E-state index is 12.1. The number of furan rings is 1. The fraction of sp³-hybridized carbons (Fsp3) is 0.545. The molecule has 1 aromatic heterocycles. The van der Waals surface area contributed by atoms with Gasteiger partial charge in [-0.3, -0.25) is 4.79 Å². The van der Waals surface area contributed by atoms with Crippen molar-refractivity contribution in [2.24, 2.45) is 5.14 Å². The Balaban J connectivity index is 2.23. The molecule has 2 rings (SSSR count). The molecule has 9 heteroatoms. The quantitative estimate of drug-likeness (QED) is 0.828. The maximum Gasteiger partial charge on any atom is 0.287 e. The summed E-state index contributed by atoms with van der Waals surface area (Å²) in [5.41, 5.74) is -0.516. The summed E-state index contributed by atoms with van der Waals surface area (Å²) in [5, 5.41) is 7.81. The van der Waals surface area contributed by atoms with Gasteiger partial charge in [-0.25, -0.2) is 13.6 Å². The molecule has 1 fully saturated rings. The summed E-state index contributed by atoms with van der Waals surface area (Å²) < 4.78 is 33.0. The minimum absolute atomic E-state index is 0.0916. The second-order valence-corrected chi connectivity index (χ2v) is 7.18. The molecular weight excluding hydrogens is 352 g/mol. The Morgan fingerprint density at radius 1 is 1.60 bits per heavy atom. The number of hydrogen-bond acceptors (Lipinski definition) is 5. The van der Waals surface area contributed by atoms with E-state index in [9.17, 15) is 13.2 Å². The number of ether oxygens (including phenoxy) is 1. The fourth-order valence-corrected chi connectivity index (χ4v) is 3.48. The van der Waals surface area contributed by atoms with E-state index in [4.69, 9.17) is 14.3 Å². The summed E-state index contributed by atoms with van der Waals surface area (Å²) >= 11 is 2.93. The van der Waals surface area contributed by atoms with Gasteiger partial charge in [0.25, 0.3) is 5.91 Å². The molecule has 1 saturated heterocycles. The molecule has 7 nitrogen and oxygen atoms in total. The zero-order chi connectivity index (χ0) is 15.1. The molecule has 3 N–H and O–H groups in total. The molecule has 1 amide bonds. The summed E-state index contributed by atoms with van der Waals surface area (Å²) in [6.07, 6.45) is 0.534. The number of nitrogens with one attached hydrogen (secondary N) is 1. The monoisotopic (exact) mass is 366 g/mol. The van der Waals surface area contributed by atoms with Crippen LogP contribution in [0.2, 0.25) is 0 Å². The van der Waals surface area contributed by atoms with Crippen LogP contribution >= 0.6 is 15.9 Å². The Labute approximate surface area is 125 Å². The van der Waals surface area contributed by atoms with E-state index in [1.54, 1.807) is 0 Å². The average Bonchev–Trinajstić information content (AvgIpc) is 2.83. The molecule has 1 aromatic rings. The van der Waals surface area contributed by atoms with E-state index in [0.717, 1.165) is 6.07 Å². The van der Waals surface area contributed by atoms with Crippen LogP contribution in [-0.4, -0.2) is 32.6 Å². The molecule has 0 spiro atoms. The molecule has 20 heavy (non-hydrogen) atoms. The van der Waals surface area contributed by atoms with Gasteiger partial charge >= 0.3 is 0 Å². The third kappa shape index (κ3) is 2.90. The van der Waals surface area contributed by atoms with E-state index in [1.165, 1.54) is 0 Å². The van der Waals surface area contributed by atoms with Crippen molar-refractivity contribution in [2.45, 2.75) is 36.8 Å². The Morgan fingerprint density at radius 3 is 2.70 bits per heavy atom. The number of sulfonamides is 1. The Bertz CT molecular complexity index is 641. The van der Waals surface area contributed by atoms with Gasteiger partial charge in [-0.15, -0.1) is 0 Å². The van der Waals surface area contributed by atoms with Crippen molar-refractivity contribution in [2.75, 3.05) is 6.61 Å². The second-order valence-electron chi connectivity index (χ2n) is 4.93. The summed E-state index contributed by atoms with van der Waals surface area (Å²) in [4.78, 5) is 11.9. The normalized spacial score (nSPS) is 26.7. The fourth-order valence-electron chi connectivity index (χ4n) is 1.98. The van der Waals surface area contributed by atoms with E-state index < -0.39 is 21.5 Å². The summed E-state index contributed by atoms with van der Waals surface area (Å²) in [7, 11) is -3.94. The van der Waals surface area contributed by atoms with Crippen molar-refractivity contribution in [3.8, 4) is 0 Å². The van der Waals surface area contributed by atoms with E-state index in [-0.39, 0.29) is 21.4 Å². The van der Waals surface area contributed by atoms with E-state index in [1.807, 2.05) is 13.8 Å². The van der Waals surface area contributed by atoms with Crippen LogP contribution in [0.25, 0.3) is 0 Å². The molecule has 2 heterocycles. The van der Waals surface area contributed by atoms with Gasteiger partial charge < -0.3 is 14.5 Å². The zero-order valence-corrected chi connectivity index (χ0v) is 13.4. The number of rotatable bonds is 3. The molecule has 2 unspecified atom stereocenters. The molecule has 0 aromatic carbocycles. The predicted octanol–water partition coefficient (Wildman–Crippen LogP) is 0.987. The number of primary sulfonamides is 1. The highest BCUT2D eigenvalue weighted by Crippen LogP contribution is 2.28. The van der Waals surface area contributed by atoms with Crippen molar-refractivity contribution in [1.82, 2.24) is 5.32 Å². The lowest BCUT2D eigenvalue weighted by Gasteiger charge is -2.28. The molecule has 2 atom stereocenters. The van der Waals surface area contributed by atoms with Crippen molar-refractivity contribution >= 4 is 31.9 Å². The number of halogens is 1. The van der Waals surface area contributed by atoms with Crippen molar-refractivity contribution in [3.05, 3.63) is 16.5 Å². The van der Waals surface area contributed by atoms with Crippen molar-refractivity contribution in [1.29, 1.82) is 0 Å². The van der Waals surface area contributed by atoms with Crippen LogP contribution < -0.4 is 10.5 Å². The smallest absolute Gasteiger partial charge is 0.287 e. The Hall–Kier alpha value is -0.900. The third-order valence-corrected chi connectivity index (χ3v) is 5.24. The lowest BCUT2D eigenvalue weighted by molar-refractivity contribution is 0.0708. The first-order chi connectivity index (χ1) is 9.13. The van der Waals surface area contributed by atoms with Gasteiger partial charge in [-0.05, 0) is 36.2 Å². The molecule has 112 valence electrons. The minimum atomic E-state index is -3.94. The number of carbonyl (C=O) groups is 1. The minimum Gasteiger partial charge on any atom is -0.443 e. The standard InChI is InChI=1S/C11H15BrN2O5S/c1-6-11(2,3-4-18-6)14-10(15)7-5-8(9(12)19-7)20(13,16)17/h5-6H,3-4H2,1-2H3,(H,14,15)(H2,13,16,17). The first kappa shape index (κ1) is 15.5. The number of nitrogens with two attached hydrogens (primary N) is 1. The van der Waals surface area contributed by atoms with Gasteiger partial charge in [0.2, 0.25) is 10.0 Å². The molecule has 0 aliphatic carbocycles. The largest absolute Gasteiger partial charge is 0.443 e. The average molecular weight is 367 g/mol. The van der Waals surface area contributed by atoms with Crippen molar-refractivity contribution < 1.29 is 22.4 Å². The van der Waals surface area contributed by atoms with Crippen LogP contribution in [0.4, 0.5) is 0 Å². The Morgan fingerprint density at radius 2 is 2.25 bits per heavy atom. The lowest BCUT2D eigenvalue weighted by Crippen LogP contribution is -2.50. The van der Waals surface area contributed by atoms with Crippen LogP contribution in [-0.2, 0) is 14.8 Å². The molecule has 1 aliphatic rings. The second kappa shape index (κ2) is 5.14. The van der Waals surface area contributed by atoms with Gasteiger partial charge in [0.1, 0.15) is 4.90 Å².